The predicted molar refractivity (Wildman–Crippen MR) is 41.3 cm³/mol. The fourth-order valence-electron chi connectivity index (χ4n) is 0.506. The molecule has 1 aromatic heterocycles. The Bertz CT molecular complexity index is 266. The van der Waals surface area contributed by atoms with E-state index in [2.05, 4.69) is 4.42 Å². The molecule has 0 aromatic carbocycles. The Balaban J connectivity index is 0.000000810. The molecule has 0 bridgehead atoms. The fraction of sp³-hybridized carbons (Fsp3) is 0.167. The molecule has 0 unspecified atom stereocenters. The van der Waals surface area contributed by atoms with Gasteiger partial charge < -0.3 is 9.52 Å². The van der Waals surface area contributed by atoms with E-state index in [1.54, 1.807) is 0 Å². The third kappa shape index (κ3) is 1.63. The van der Waals surface area contributed by atoms with E-state index in [4.69, 9.17) is 5.11 Å². The molecular formula is C6H9AlO3. The van der Waals surface area contributed by atoms with Gasteiger partial charge in [-0.1, -0.05) is 0 Å². The Labute approximate surface area is 68.4 Å². The summed E-state index contributed by atoms with van der Waals surface area (Å²) in [5.41, 5.74) is -0.404. The van der Waals surface area contributed by atoms with E-state index in [-0.39, 0.29) is 28.9 Å². The summed E-state index contributed by atoms with van der Waals surface area (Å²) in [5.74, 6) is -0.0556. The van der Waals surface area contributed by atoms with Gasteiger partial charge in [0.25, 0.3) is 0 Å². The average molecular weight is 156 g/mol. The number of aryl methyl sites for hydroxylation is 1. The first-order chi connectivity index (χ1) is 4.22. The minimum absolute atomic E-state index is 0. The molecule has 0 saturated heterocycles. The van der Waals surface area contributed by atoms with E-state index >= 15 is 0 Å². The summed E-state index contributed by atoms with van der Waals surface area (Å²) in [6, 6.07) is 1.17. The van der Waals surface area contributed by atoms with Crippen molar-refractivity contribution < 1.29 is 9.52 Å². The number of rotatable bonds is 0. The molecule has 10 heavy (non-hydrogen) atoms. The van der Waals surface area contributed by atoms with Gasteiger partial charge in [-0.2, -0.15) is 0 Å². The number of aromatic hydroxyl groups is 1. The van der Waals surface area contributed by atoms with E-state index in [0.29, 0.717) is 0 Å². The standard InChI is InChI=1S/C6H6O3.Al.3H/c1-4-6(8)5(7)2-3-9-4;;;;/h2-3,8H,1H3;;;;. The molecular weight excluding hydrogens is 147 g/mol. The lowest BCUT2D eigenvalue weighted by Crippen LogP contribution is -1.97. The largest absolute Gasteiger partial charge is 0.502 e. The lowest BCUT2D eigenvalue weighted by molar-refractivity contribution is 0.411. The quantitative estimate of drug-likeness (QED) is 0.514. The highest BCUT2D eigenvalue weighted by atomic mass is 27.0. The van der Waals surface area contributed by atoms with Crippen LogP contribution in [0.25, 0.3) is 0 Å². The van der Waals surface area contributed by atoms with Gasteiger partial charge in [-0.15, -0.1) is 0 Å². The maximum absolute atomic E-state index is 10.5. The second kappa shape index (κ2) is 3.45. The number of hydrogen-bond donors (Lipinski definition) is 1. The van der Waals surface area contributed by atoms with Crippen LogP contribution in [0.1, 0.15) is 5.76 Å². The SMILES string of the molecule is Cc1occc(=O)c1O.[AlH3]. The molecule has 1 aromatic rings. The summed E-state index contributed by atoms with van der Waals surface area (Å²) in [7, 11) is 0. The van der Waals surface area contributed by atoms with Gasteiger partial charge in [0.05, 0.1) is 6.26 Å². The van der Waals surface area contributed by atoms with Crippen molar-refractivity contribution in [1.82, 2.24) is 0 Å². The van der Waals surface area contributed by atoms with Gasteiger partial charge >= 0.3 is 0 Å². The van der Waals surface area contributed by atoms with Crippen LogP contribution in [0.5, 0.6) is 5.75 Å². The molecule has 0 saturated carbocycles. The van der Waals surface area contributed by atoms with Crippen molar-refractivity contribution in [2.45, 2.75) is 6.92 Å². The third-order valence-electron chi connectivity index (χ3n) is 1.03. The van der Waals surface area contributed by atoms with Gasteiger partial charge in [-0.3, -0.25) is 4.79 Å². The molecule has 54 valence electrons. The highest BCUT2D eigenvalue weighted by Crippen LogP contribution is 2.06. The van der Waals surface area contributed by atoms with Crippen LogP contribution in [-0.4, -0.2) is 22.5 Å². The Kier molecular flexibility index (Phi) is 3.20. The van der Waals surface area contributed by atoms with Crippen LogP contribution < -0.4 is 5.43 Å². The van der Waals surface area contributed by atoms with Crippen LogP contribution in [0, 0.1) is 6.92 Å². The number of hydrogen-bond acceptors (Lipinski definition) is 3. The van der Waals surface area contributed by atoms with Gasteiger partial charge in [0, 0.05) is 6.07 Å². The van der Waals surface area contributed by atoms with Crippen molar-refractivity contribution in [2.24, 2.45) is 0 Å². The maximum atomic E-state index is 10.5. The molecule has 0 spiro atoms. The Morgan fingerprint density at radius 1 is 1.60 bits per heavy atom. The molecule has 0 atom stereocenters. The summed E-state index contributed by atoms with van der Waals surface area (Å²) in [4.78, 5) is 10.5. The highest BCUT2D eigenvalue weighted by Gasteiger charge is 1.98. The Hall–Kier alpha value is -0.718. The fourth-order valence-corrected chi connectivity index (χ4v) is 0.506. The van der Waals surface area contributed by atoms with Gasteiger partial charge in [-0.25, -0.2) is 0 Å². The van der Waals surface area contributed by atoms with Crippen LogP contribution in [0.2, 0.25) is 0 Å². The summed E-state index contributed by atoms with van der Waals surface area (Å²) in [6.45, 7) is 1.52. The lowest BCUT2D eigenvalue weighted by Gasteiger charge is -1.91. The third-order valence-corrected chi connectivity index (χ3v) is 1.03. The molecule has 4 heteroatoms. The van der Waals surface area contributed by atoms with Crippen molar-refractivity contribution in [3.05, 3.63) is 28.3 Å². The van der Waals surface area contributed by atoms with Gasteiger partial charge in [0.2, 0.25) is 11.2 Å². The zero-order chi connectivity index (χ0) is 6.85. The first kappa shape index (κ1) is 9.28. The van der Waals surface area contributed by atoms with Crippen LogP contribution in [0.3, 0.4) is 0 Å². The zero-order valence-corrected chi connectivity index (χ0v) is 4.92. The first-order valence-electron chi connectivity index (χ1n) is 2.49. The average Bonchev–Trinajstić information content (AvgIpc) is 1.83. The summed E-state index contributed by atoms with van der Waals surface area (Å²) in [5, 5.41) is 8.80. The molecule has 0 aliphatic rings. The second-order valence-electron chi connectivity index (χ2n) is 1.69. The van der Waals surface area contributed by atoms with Crippen molar-refractivity contribution in [2.75, 3.05) is 0 Å². The molecule has 1 heterocycles. The molecule has 0 fully saturated rings. The molecule has 1 rings (SSSR count). The van der Waals surface area contributed by atoms with E-state index in [1.165, 1.54) is 19.3 Å². The first-order valence-corrected chi connectivity index (χ1v) is 2.49. The van der Waals surface area contributed by atoms with Crippen molar-refractivity contribution in [3.63, 3.8) is 0 Å². The molecule has 0 aliphatic carbocycles. The second-order valence-corrected chi connectivity index (χ2v) is 1.69. The predicted octanol–water partition coefficient (Wildman–Crippen LogP) is -0.530. The highest BCUT2D eigenvalue weighted by molar-refractivity contribution is 5.75. The monoisotopic (exact) mass is 156 g/mol. The van der Waals surface area contributed by atoms with Gasteiger partial charge in [0.1, 0.15) is 5.76 Å². The van der Waals surface area contributed by atoms with Crippen LogP contribution in [0.4, 0.5) is 0 Å². The molecule has 0 radical (unpaired) electrons. The van der Waals surface area contributed by atoms with E-state index in [0.717, 1.165) is 0 Å². The molecule has 3 nitrogen and oxygen atoms in total. The Morgan fingerprint density at radius 2 is 2.20 bits per heavy atom. The van der Waals surface area contributed by atoms with Crippen molar-refractivity contribution in [3.8, 4) is 5.75 Å². The minimum atomic E-state index is -0.404. The van der Waals surface area contributed by atoms with E-state index in [9.17, 15) is 4.79 Å². The molecule has 0 aliphatic heterocycles. The topological polar surface area (TPSA) is 50.4 Å². The smallest absolute Gasteiger partial charge is 0.226 e. The maximum Gasteiger partial charge on any atom is 0.226 e. The summed E-state index contributed by atoms with van der Waals surface area (Å²) >= 11 is 0. The van der Waals surface area contributed by atoms with Gasteiger partial charge in [0.15, 0.2) is 17.4 Å². The van der Waals surface area contributed by atoms with Gasteiger partial charge in [-0.05, 0) is 6.92 Å². The summed E-state index contributed by atoms with van der Waals surface area (Å²) < 4.78 is 4.69. The van der Waals surface area contributed by atoms with Crippen LogP contribution >= 0.6 is 0 Å². The summed E-state index contributed by atoms with van der Waals surface area (Å²) in [6.07, 6.45) is 1.25. The molecule has 0 amide bonds. The van der Waals surface area contributed by atoms with E-state index in [1.807, 2.05) is 0 Å². The van der Waals surface area contributed by atoms with E-state index < -0.39 is 5.43 Å². The zero-order valence-electron chi connectivity index (χ0n) is 4.92. The lowest BCUT2D eigenvalue weighted by atomic mass is 10.4. The minimum Gasteiger partial charge on any atom is -0.502 e. The van der Waals surface area contributed by atoms with Crippen LogP contribution in [0.15, 0.2) is 21.5 Å². The van der Waals surface area contributed by atoms with Crippen molar-refractivity contribution >= 4 is 17.4 Å². The molecule has 1 N–H and O–H groups in total. The van der Waals surface area contributed by atoms with Crippen molar-refractivity contribution in [1.29, 1.82) is 0 Å². The Morgan fingerprint density at radius 3 is 2.60 bits per heavy atom. The van der Waals surface area contributed by atoms with Crippen LogP contribution in [-0.2, 0) is 0 Å². The normalized spacial score (nSPS) is 8.50.